The van der Waals surface area contributed by atoms with Crippen molar-refractivity contribution < 1.29 is 4.79 Å². The van der Waals surface area contributed by atoms with Gasteiger partial charge in [0.05, 0.1) is 12.1 Å². The molecule has 0 radical (unpaired) electrons. The van der Waals surface area contributed by atoms with Crippen molar-refractivity contribution in [3.8, 4) is 0 Å². The summed E-state index contributed by atoms with van der Waals surface area (Å²) in [5.74, 6) is 0. The summed E-state index contributed by atoms with van der Waals surface area (Å²) < 4.78 is 0. The number of hydrogen-bond donors (Lipinski definition) is 2. The standard InChI is InChI=1S/C28H29N3O2/c1-20-13-14-21(2)26-25(20)17-24(27(32)30-26)19-31(16-15-22-9-5-3-6-10-22)28(33)29-18-23-11-7-4-8-12-23/h3-14,17H,15-16,18-19H2,1-2H3,(H,29,33)(H,30,32). The summed E-state index contributed by atoms with van der Waals surface area (Å²) in [6.07, 6.45) is 0.712. The Morgan fingerprint density at radius 3 is 2.21 bits per heavy atom. The second-order valence-corrected chi connectivity index (χ2v) is 8.41. The molecule has 0 aliphatic heterocycles. The fraction of sp³-hybridized carbons (Fsp3) is 0.214. The van der Waals surface area contributed by atoms with Gasteiger partial charge in [0.2, 0.25) is 0 Å². The number of carbonyl (C=O) groups is 1. The number of rotatable bonds is 7. The zero-order valence-corrected chi connectivity index (χ0v) is 19.1. The zero-order valence-electron chi connectivity index (χ0n) is 19.1. The second kappa shape index (κ2) is 10.2. The minimum Gasteiger partial charge on any atom is -0.334 e. The number of aromatic amines is 1. The zero-order chi connectivity index (χ0) is 23.2. The summed E-state index contributed by atoms with van der Waals surface area (Å²) in [6.45, 7) is 5.21. The van der Waals surface area contributed by atoms with Gasteiger partial charge in [-0.15, -0.1) is 0 Å². The molecular formula is C28H29N3O2. The van der Waals surface area contributed by atoms with Crippen LogP contribution in [0, 0.1) is 13.8 Å². The van der Waals surface area contributed by atoms with Crippen LogP contribution < -0.4 is 10.9 Å². The Hall–Kier alpha value is -3.86. The molecule has 33 heavy (non-hydrogen) atoms. The van der Waals surface area contributed by atoms with Crippen LogP contribution in [0.25, 0.3) is 10.9 Å². The lowest BCUT2D eigenvalue weighted by molar-refractivity contribution is 0.195. The highest BCUT2D eigenvalue weighted by atomic mass is 16.2. The topological polar surface area (TPSA) is 65.2 Å². The average molecular weight is 440 g/mol. The van der Waals surface area contributed by atoms with E-state index in [4.69, 9.17) is 0 Å². The molecule has 5 heteroatoms. The molecule has 4 aromatic rings. The molecule has 1 heterocycles. The molecule has 3 aromatic carbocycles. The predicted molar refractivity (Wildman–Crippen MR) is 133 cm³/mol. The number of H-pyrrole nitrogens is 1. The molecule has 0 spiro atoms. The summed E-state index contributed by atoms with van der Waals surface area (Å²) in [5.41, 5.74) is 5.59. The van der Waals surface area contributed by atoms with Crippen molar-refractivity contribution in [2.24, 2.45) is 0 Å². The number of benzene rings is 3. The number of aryl methyl sites for hydroxylation is 2. The first kappa shape index (κ1) is 22.3. The molecule has 0 unspecified atom stereocenters. The SMILES string of the molecule is Cc1ccc(C)c2[nH]c(=O)c(CN(CCc3ccccc3)C(=O)NCc3ccccc3)cc12. The largest absolute Gasteiger partial charge is 0.334 e. The Balaban J connectivity index is 1.58. The van der Waals surface area contributed by atoms with E-state index in [1.807, 2.05) is 74.5 Å². The number of aromatic nitrogens is 1. The van der Waals surface area contributed by atoms with Gasteiger partial charge in [-0.05, 0) is 48.6 Å². The van der Waals surface area contributed by atoms with Crippen LogP contribution in [0.4, 0.5) is 4.79 Å². The van der Waals surface area contributed by atoms with E-state index in [-0.39, 0.29) is 18.1 Å². The number of nitrogens with one attached hydrogen (secondary N) is 2. The number of hydrogen-bond acceptors (Lipinski definition) is 2. The molecule has 4 rings (SSSR count). The molecule has 0 aliphatic rings. The van der Waals surface area contributed by atoms with E-state index < -0.39 is 0 Å². The lowest BCUT2D eigenvalue weighted by Crippen LogP contribution is -2.41. The van der Waals surface area contributed by atoms with Crippen LogP contribution in [0.3, 0.4) is 0 Å². The van der Waals surface area contributed by atoms with E-state index in [1.54, 1.807) is 4.90 Å². The van der Waals surface area contributed by atoms with E-state index in [9.17, 15) is 9.59 Å². The van der Waals surface area contributed by atoms with Gasteiger partial charge < -0.3 is 15.2 Å². The summed E-state index contributed by atoms with van der Waals surface area (Å²) >= 11 is 0. The first-order chi connectivity index (χ1) is 16.0. The summed E-state index contributed by atoms with van der Waals surface area (Å²) in [7, 11) is 0. The Labute approximate surface area is 194 Å². The van der Waals surface area contributed by atoms with Crippen LogP contribution in [0.15, 0.2) is 83.7 Å². The van der Waals surface area contributed by atoms with Crippen LogP contribution >= 0.6 is 0 Å². The number of pyridine rings is 1. The molecule has 0 atom stereocenters. The minimum atomic E-state index is -0.185. The maximum atomic E-state index is 13.1. The molecular weight excluding hydrogens is 410 g/mol. The first-order valence-electron chi connectivity index (χ1n) is 11.2. The van der Waals surface area contributed by atoms with Crippen molar-refractivity contribution in [3.63, 3.8) is 0 Å². The fourth-order valence-corrected chi connectivity index (χ4v) is 3.99. The number of nitrogens with zero attached hydrogens (tertiary/aromatic N) is 1. The highest BCUT2D eigenvalue weighted by Gasteiger charge is 2.17. The van der Waals surface area contributed by atoms with Crippen molar-refractivity contribution >= 4 is 16.9 Å². The molecule has 1 aromatic heterocycles. The van der Waals surface area contributed by atoms with Crippen molar-refractivity contribution in [2.75, 3.05) is 6.54 Å². The van der Waals surface area contributed by atoms with E-state index >= 15 is 0 Å². The molecule has 0 aliphatic carbocycles. The second-order valence-electron chi connectivity index (χ2n) is 8.41. The number of fused-ring (bicyclic) bond motifs is 1. The van der Waals surface area contributed by atoms with E-state index in [2.05, 4.69) is 28.5 Å². The number of urea groups is 1. The quantitative estimate of drug-likeness (QED) is 0.421. The third kappa shape index (κ3) is 5.50. The Kier molecular flexibility index (Phi) is 6.89. The third-order valence-corrected chi connectivity index (χ3v) is 5.97. The van der Waals surface area contributed by atoms with Crippen LogP contribution in [0.1, 0.15) is 27.8 Å². The Morgan fingerprint density at radius 1 is 0.879 bits per heavy atom. The van der Waals surface area contributed by atoms with Crippen molar-refractivity contribution in [1.82, 2.24) is 15.2 Å². The van der Waals surface area contributed by atoms with Crippen LogP contribution in [0.2, 0.25) is 0 Å². The number of amides is 2. The molecule has 2 N–H and O–H groups in total. The van der Waals surface area contributed by atoms with Gasteiger partial charge in [0.25, 0.3) is 5.56 Å². The van der Waals surface area contributed by atoms with Gasteiger partial charge in [-0.3, -0.25) is 4.79 Å². The van der Waals surface area contributed by atoms with Gasteiger partial charge in [-0.1, -0.05) is 72.8 Å². The molecule has 0 bridgehead atoms. The molecule has 0 fully saturated rings. The Bertz CT molecular complexity index is 1300. The first-order valence-corrected chi connectivity index (χ1v) is 11.2. The van der Waals surface area contributed by atoms with Crippen molar-refractivity contribution in [1.29, 1.82) is 0 Å². The van der Waals surface area contributed by atoms with E-state index in [0.717, 1.165) is 33.2 Å². The minimum absolute atomic E-state index is 0.156. The molecule has 0 saturated carbocycles. The summed E-state index contributed by atoms with van der Waals surface area (Å²) in [4.78, 5) is 30.8. The van der Waals surface area contributed by atoms with Crippen LogP contribution in [0.5, 0.6) is 0 Å². The van der Waals surface area contributed by atoms with E-state index in [1.165, 1.54) is 0 Å². The van der Waals surface area contributed by atoms with Gasteiger partial charge in [0, 0.05) is 24.0 Å². The lowest BCUT2D eigenvalue weighted by atomic mass is 10.0. The van der Waals surface area contributed by atoms with Gasteiger partial charge in [-0.2, -0.15) is 0 Å². The fourth-order valence-electron chi connectivity index (χ4n) is 3.99. The van der Waals surface area contributed by atoms with Gasteiger partial charge >= 0.3 is 6.03 Å². The number of carbonyl (C=O) groups excluding carboxylic acids is 1. The lowest BCUT2D eigenvalue weighted by Gasteiger charge is -2.23. The van der Waals surface area contributed by atoms with Crippen molar-refractivity contribution in [2.45, 2.75) is 33.4 Å². The van der Waals surface area contributed by atoms with Gasteiger partial charge in [0.15, 0.2) is 0 Å². The van der Waals surface area contributed by atoms with Gasteiger partial charge in [-0.25, -0.2) is 4.79 Å². The van der Waals surface area contributed by atoms with Gasteiger partial charge in [0.1, 0.15) is 0 Å². The van der Waals surface area contributed by atoms with Crippen LogP contribution in [-0.2, 0) is 19.5 Å². The maximum absolute atomic E-state index is 13.1. The molecule has 0 saturated heterocycles. The smallest absolute Gasteiger partial charge is 0.317 e. The predicted octanol–water partition coefficient (Wildman–Crippen LogP) is 5.10. The average Bonchev–Trinajstić information content (AvgIpc) is 2.84. The van der Waals surface area contributed by atoms with Crippen LogP contribution in [-0.4, -0.2) is 22.5 Å². The third-order valence-electron chi connectivity index (χ3n) is 5.97. The van der Waals surface area contributed by atoms with Crippen molar-refractivity contribution in [3.05, 3.63) is 117 Å². The molecule has 168 valence electrons. The normalized spacial score (nSPS) is 10.8. The summed E-state index contributed by atoms with van der Waals surface area (Å²) in [6, 6.07) is 25.7. The maximum Gasteiger partial charge on any atom is 0.317 e. The monoisotopic (exact) mass is 439 g/mol. The summed E-state index contributed by atoms with van der Waals surface area (Å²) in [5, 5.41) is 4.02. The van der Waals surface area contributed by atoms with E-state index in [0.29, 0.717) is 25.1 Å². The highest BCUT2D eigenvalue weighted by molar-refractivity contribution is 5.85. The molecule has 2 amide bonds. The highest BCUT2D eigenvalue weighted by Crippen LogP contribution is 2.20. The molecule has 5 nitrogen and oxygen atoms in total. The Morgan fingerprint density at radius 2 is 1.52 bits per heavy atom.